The Hall–Kier alpha value is -10.4. The molecule has 0 aliphatic carbocycles. The number of imidazole rings is 1. The van der Waals surface area contributed by atoms with Gasteiger partial charge in [-0.25, -0.2) is 29.1 Å². The Balaban J connectivity index is 0.000000133. The predicted molar refractivity (Wildman–Crippen MR) is 254 cm³/mol. The van der Waals surface area contributed by atoms with Gasteiger partial charge in [-0.05, 0) is 73.7 Å². The predicted octanol–water partition coefficient (Wildman–Crippen LogP) is 8.41. The molecule has 9 aromatic heterocycles. The maximum absolute atomic E-state index is 12.7. The standard InChI is InChI=1S/C17H11F3N4O4.C17H8F3N3O4.C14H7F3N4O2/c1-2-27-16(26)12-14-23-15(25)10-6-21-11-4-3-8(28-17(18,19)20)5-9(11)13(10)24(14)7-22-12;18-17(19,20)27-8-3-4-12-10(6-8)13-11(7-21-12)15(24)23-5-1-2-9(16(25)26)14(23)22-13;15-14(16,17)23-7-1-2-10-8(5-7)12-9(6-18-10)13(22)21-11(20-12)3-4-19-21/h3-7H,2H2,1H3,(H,23,25);1-7H,(H,25,26);1-6,19H. The number of pyridine rings is 4. The van der Waals surface area contributed by atoms with Gasteiger partial charge in [0.1, 0.15) is 29.1 Å². The van der Waals surface area contributed by atoms with Crippen LogP contribution >= 0.6 is 0 Å². The van der Waals surface area contributed by atoms with Gasteiger partial charge in [-0.15, -0.1) is 39.5 Å². The van der Waals surface area contributed by atoms with Crippen molar-refractivity contribution < 1.29 is 73.2 Å². The molecule has 12 rings (SSSR count). The number of nitrogens with one attached hydrogen (secondary N) is 2. The number of nitrogens with zero attached hydrogens (tertiary/aromatic N) is 9. The molecule has 9 heterocycles. The molecule has 0 radical (unpaired) electrons. The summed E-state index contributed by atoms with van der Waals surface area (Å²) >= 11 is 0. The van der Waals surface area contributed by atoms with Crippen molar-refractivity contribution in [2.45, 2.75) is 26.0 Å². The number of carbonyl (C=O) groups is 2. The molecule has 21 nitrogen and oxygen atoms in total. The van der Waals surface area contributed by atoms with Crippen LogP contribution in [0.3, 0.4) is 0 Å². The number of halogens is 9. The smallest absolute Gasteiger partial charge is 0.478 e. The van der Waals surface area contributed by atoms with Crippen LogP contribution in [0.2, 0.25) is 0 Å². The summed E-state index contributed by atoms with van der Waals surface area (Å²) in [5.41, 5.74) is -0.0259. The topological polar surface area (TPSA) is 265 Å². The van der Waals surface area contributed by atoms with Crippen LogP contribution in [0.25, 0.3) is 82.4 Å². The minimum atomic E-state index is -4.89. The number of aromatic amines is 2. The number of carboxylic acids is 1. The third-order valence-corrected chi connectivity index (χ3v) is 11.3. The van der Waals surface area contributed by atoms with Gasteiger partial charge >= 0.3 is 31.0 Å². The maximum Gasteiger partial charge on any atom is 0.573 e. The van der Waals surface area contributed by atoms with E-state index < -0.39 is 59.4 Å². The van der Waals surface area contributed by atoms with Crippen LogP contribution in [-0.4, -0.2) is 96.0 Å². The second-order valence-electron chi connectivity index (χ2n) is 16.1. The third-order valence-electron chi connectivity index (χ3n) is 11.3. The largest absolute Gasteiger partial charge is 0.573 e. The molecule has 0 atom stereocenters. The summed E-state index contributed by atoms with van der Waals surface area (Å²) in [5.74, 6) is -3.39. The van der Waals surface area contributed by atoms with E-state index in [-0.39, 0.29) is 83.7 Å². The van der Waals surface area contributed by atoms with Crippen LogP contribution in [0.5, 0.6) is 17.2 Å². The summed E-state index contributed by atoms with van der Waals surface area (Å²) in [5, 5.41) is 13.0. The van der Waals surface area contributed by atoms with Crippen molar-refractivity contribution in [1.82, 2.24) is 53.3 Å². The van der Waals surface area contributed by atoms with Crippen LogP contribution in [0, 0.1) is 0 Å². The van der Waals surface area contributed by atoms with Gasteiger partial charge in [-0.1, -0.05) is 0 Å². The van der Waals surface area contributed by atoms with E-state index in [0.29, 0.717) is 22.1 Å². The molecule has 0 spiro atoms. The normalized spacial score (nSPS) is 12.1. The zero-order valence-corrected chi connectivity index (χ0v) is 38.6. The first-order valence-electron chi connectivity index (χ1n) is 22.0. The number of benzene rings is 3. The first kappa shape index (κ1) is 51.1. The summed E-state index contributed by atoms with van der Waals surface area (Å²) in [6, 6.07) is 15.0. The second kappa shape index (κ2) is 19.1. The van der Waals surface area contributed by atoms with Gasteiger partial charge in [-0.3, -0.25) is 43.2 Å². The van der Waals surface area contributed by atoms with Crippen LogP contribution in [0.4, 0.5) is 39.5 Å². The molecule has 396 valence electrons. The molecular weight excluding hydrogens is 1060 g/mol. The van der Waals surface area contributed by atoms with Crippen molar-refractivity contribution in [3.8, 4) is 17.2 Å². The Morgan fingerprint density at radius 2 is 1.15 bits per heavy atom. The van der Waals surface area contributed by atoms with E-state index in [1.165, 1.54) is 82.6 Å². The van der Waals surface area contributed by atoms with E-state index >= 15 is 0 Å². The number of ether oxygens (including phenoxy) is 4. The molecule has 0 unspecified atom stereocenters. The summed E-state index contributed by atoms with van der Waals surface area (Å²) in [6.07, 6.45) is -6.50. The van der Waals surface area contributed by atoms with Gasteiger partial charge in [0, 0.05) is 53.2 Å². The average Bonchev–Trinajstić information content (AvgIpc) is 4.19. The summed E-state index contributed by atoms with van der Waals surface area (Å²) in [4.78, 5) is 88.3. The highest BCUT2D eigenvalue weighted by molar-refractivity contribution is 6.07. The van der Waals surface area contributed by atoms with Crippen LogP contribution in [0.1, 0.15) is 27.8 Å². The van der Waals surface area contributed by atoms with E-state index in [1.807, 2.05) is 0 Å². The molecule has 12 aromatic rings. The molecule has 3 N–H and O–H groups in total. The van der Waals surface area contributed by atoms with Crippen LogP contribution in [-0.2, 0) is 4.74 Å². The van der Waals surface area contributed by atoms with Gasteiger partial charge in [0.2, 0.25) is 0 Å². The van der Waals surface area contributed by atoms with E-state index in [0.717, 1.165) is 34.7 Å². The summed E-state index contributed by atoms with van der Waals surface area (Å²) < 4.78 is 133. The lowest BCUT2D eigenvalue weighted by Gasteiger charge is -2.11. The van der Waals surface area contributed by atoms with Gasteiger partial charge in [0.15, 0.2) is 22.6 Å². The second-order valence-corrected chi connectivity index (χ2v) is 16.1. The molecule has 0 amide bonds. The lowest BCUT2D eigenvalue weighted by Crippen LogP contribution is -2.18. The Bertz CT molecular complexity index is 4630. The molecule has 0 fully saturated rings. The number of aromatic nitrogens is 11. The highest BCUT2D eigenvalue weighted by Crippen LogP contribution is 2.33. The van der Waals surface area contributed by atoms with E-state index in [1.54, 1.807) is 13.0 Å². The minimum absolute atomic E-state index is 0.0336. The quantitative estimate of drug-likeness (QED) is 0.0610. The zero-order valence-electron chi connectivity index (χ0n) is 38.6. The monoisotopic (exact) mass is 1090 g/mol. The first-order valence-corrected chi connectivity index (χ1v) is 22.0. The third kappa shape index (κ3) is 9.86. The fraction of sp³-hybridized carbons (Fsp3) is 0.104. The van der Waals surface area contributed by atoms with Crippen LogP contribution in [0.15, 0.2) is 124 Å². The number of carbonyl (C=O) groups excluding carboxylic acids is 1. The highest BCUT2D eigenvalue weighted by atomic mass is 19.4. The minimum Gasteiger partial charge on any atom is -0.478 e. The molecule has 0 aliphatic heterocycles. The molecule has 0 saturated carbocycles. The molecule has 3 aromatic carbocycles. The zero-order chi connectivity index (χ0) is 55.6. The van der Waals surface area contributed by atoms with Gasteiger partial charge in [-0.2, -0.15) is 0 Å². The Morgan fingerprint density at radius 3 is 1.71 bits per heavy atom. The van der Waals surface area contributed by atoms with Crippen molar-refractivity contribution in [3.05, 3.63) is 152 Å². The Labute approximate surface area is 422 Å². The molecule has 30 heteroatoms. The fourth-order valence-corrected chi connectivity index (χ4v) is 8.20. The maximum atomic E-state index is 12.7. The fourth-order valence-electron chi connectivity index (χ4n) is 8.20. The molecular formula is C48H26F9N11O10. The van der Waals surface area contributed by atoms with Gasteiger partial charge in [0.05, 0.1) is 55.9 Å². The summed E-state index contributed by atoms with van der Waals surface area (Å²) in [6.45, 7) is 1.73. The molecule has 0 aliphatic rings. The Morgan fingerprint density at radius 1 is 0.628 bits per heavy atom. The van der Waals surface area contributed by atoms with E-state index in [9.17, 15) is 68.6 Å². The average molecular weight is 1090 g/mol. The summed E-state index contributed by atoms with van der Waals surface area (Å²) in [7, 11) is 0. The SMILES string of the molecule is CCOC(=O)c1ncn2c1[nH]c(=O)c1cnc3ccc(OC(F)(F)F)cc3c12.O=C(O)c1cccn2c(=O)c3cnc4ccc(OC(F)(F)F)cc4c3nc12.O=c1c2cnc3ccc(OC(F)(F)F)cc3c2nc2cc[nH]n12. The number of esters is 1. The number of rotatable bonds is 6. The van der Waals surface area contributed by atoms with Crippen molar-refractivity contribution in [2.24, 2.45) is 0 Å². The van der Waals surface area contributed by atoms with Crippen molar-refractivity contribution in [1.29, 1.82) is 0 Å². The number of carboxylic acid groups (broad SMARTS) is 1. The van der Waals surface area contributed by atoms with Crippen molar-refractivity contribution in [2.75, 3.05) is 6.61 Å². The molecule has 78 heavy (non-hydrogen) atoms. The highest BCUT2D eigenvalue weighted by Gasteiger charge is 2.33. The lowest BCUT2D eigenvalue weighted by atomic mass is 10.1. The van der Waals surface area contributed by atoms with E-state index in [2.05, 4.69) is 54.2 Å². The van der Waals surface area contributed by atoms with Gasteiger partial charge in [0.25, 0.3) is 16.7 Å². The number of H-pyrrole nitrogens is 2. The Kier molecular flexibility index (Phi) is 12.5. The number of fused-ring (bicyclic) bond motifs is 13. The van der Waals surface area contributed by atoms with Crippen molar-refractivity contribution >= 4 is 94.3 Å². The number of hydrogen-bond acceptors (Lipinski definition) is 15. The molecule has 0 saturated heterocycles. The van der Waals surface area contributed by atoms with E-state index in [4.69, 9.17) is 4.74 Å². The number of aromatic carboxylic acids is 1. The number of hydrogen-bond donors (Lipinski definition) is 3. The van der Waals surface area contributed by atoms with Crippen LogP contribution < -0.4 is 30.9 Å². The van der Waals surface area contributed by atoms with Gasteiger partial charge < -0.3 is 29.0 Å². The number of alkyl halides is 9. The van der Waals surface area contributed by atoms with Crippen molar-refractivity contribution in [3.63, 3.8) is 0 Å². The molecule has 0 bridgehead atoms. The first-order chi connectivity index (χ1) is 36.9. The lowest BCUT2D eigenvalue weighted by molar-refractivity contribution is -0.275.